The van der Waals surface area contributed by atoms with E-state index in [1.54, 1.807) is 6.20 Å². The second-order valence-corrected chi connectivity index (χ2v) is 3.61. The molecule has 0 spiro atoms. The van der Waals surface area contributed by atoms with Gasteiger partial charge in [-0.1, -0.05) is 30.3 Å². The van der Waals surface area contributed by atoms with Crippen LogP contribution in [0.5, 0.6) is 0 Å². The molecule has 0 aliphatic heterocycles. The van der Waals surface area contributed by atoms with Gasteiger partial charge in [0.05, 0.1) is 0 Å². The minimum atomic E-state index is 0.676. The smallest absolute Gasteiger partial charge is 0.221 e. The van der Waals surface area contributed by atoms with E-state index in [9.17, 15) is 0 Å². The van der Waals surface area contributed by atoms with Crippen LogP contribution in [0, 0.1) is 6.33 Å². The van der Waals surface area contributed by atoms with Gasteiger partial charge in [-0.3, -0.25) is 10.1 Å². The number of aromatic nitrogens is 4. The van der Waals surface area contributed by atoms with Crippen LogP contribution < -0.4 is 0 Å². The maximum atomic E-state index is 4.22. The predicted molar refractivity (Wildman–Crippen MR) is 63.9 cm³/mol. The number of hydrogen-bond acceptors (Lipinski definition) is 3. The third kappa shape index (κ3) is 1.92. The van der Waals surface area contributed by atoms with Crippen LogP contribution in [-0.2, 0) is 0 Å². The van der Waals surface area contributed by atoms with E-state index < -0.39 is 0 Å². The molecule has 4 nitrogen and oxygen atoms in total. The minimum Gasteiger partial charge on any atom is -0.263 e. The van der Waals surface area contributed by atoms with Gasteiger partial charge in [0.25, 0.3) is 0 Å². The fraction of sp³-hybridized carbons (Fsp3) is 0. The first-order valence-corrected chi connectivity index (χ1v) is 5.23. The highest BCUT2D eigenvalue weighted by molar-refractivity contribution is 5.68. The molecule has 0 saturated heterocycles. The van der Waals surface area contributed by atoms with E-state index in [1.807, 2.05) is 42.6 Å². The maximum Gasteiger partial charge on any atom is 0.221 e. The Hall–Kier alpha value is -2.49. The van der Waals surface area contributed by atoms with Gasteiger partial charge in [-0.05, 0) is 11.6 Å². The lowest BCUT2D eigenvalue weighted by molar-refractivity contribution is 1.09. The van der Waals surface area contributed by atoms with Crippen LogP contribution in [0.1, 0.15) is 0 Å². The number of benzene rings is 1. The van der Waals surface area contributed by atoms with Crippen molar-refractivity contribution in [2.45, 2.75) is 0 Å². The minimum absolute atomic E-state index is 0.676. The van der Waals surface area contributed by atoms with E-state index in [4.69, 9.17) is 0 Å². The highest BCUT2D eigenvalue weighted by atomic mass is 15.2. The van der Waals surface area contributed by atoms with Crippen molar-refractivity contribution in [2.24, 2.45) is 0 Å². The Morgan fingerprint density at radius 2 is 1.76 bits per heavy atom. The van der Waals surface area contributed by atoms with Gasteiger partial charge in [-0.2, -0.15) is 0 Å². The first-order valence-electron chi connectivity index (χ1n) is 5.23. The van der Waals surface area contributed by atoms with Gasteiger partial charge in [-0.15, -0.1) is 5.10 Å². The van der Waals surface area contributed by atoms with Gasteiger partial charge in [0.15, 0.2) is 5.82 Å². The number of H-pyrrole nitrogens is 1. The number of pyridine rings is 1. The summed E-state index contributed by atoms with van der Waals surface area (Å²) in [5, 5.41) is 6.49. The highest BCUT2D eigenvalue weighted by Crippen LogP contribution is 2.22. The molecule has 81 valence electrons. The zero-order valence-electron chi connectivity index (χ0n) is 8.96. The second kappa shape index (κ2) is 4.17. The van der Waals surface area contributed by atoms with Gasteiger partial charge >= 0.3 is 0 Å². The monoisotopic (exact) mass is 221 g/mol. The van der Waals surface area contributed by atoms with Crippen LogP contribution in [0.2, 0.25) is 0 Å². The summed E-state index contributed by atoms with van der Waals surface area (Å²) in [5.41, 5.74) is 3.09. The largest absolute Gasteiger partial charge is 0.263 e. The predicted octanol–water partition coefficient (Wildman–Crippen LogP) is 2.33. The Balaban J connectivity index is 2.06. The van der Waals surface area contributed by atoms with Crippen LogP contribution >= 0.6 is 0 Å². The molecular formula is C13H9N4. The molecule has 4 heteroatoms. The van der Waals surface area contributed by atoms with Crippen molar-refractivity contribution in [3.63, 3.8) is 0 Å². The number of nitrogens with zero attached hydrogens (tertiary/aromatic N) is 3. The van der Waals surface area contributed by atoms with E-state index in [-0.39, 0.29) is 0 Å². The third-order valence-corrected chi connectivity index (χ3v) is 2.49. The molecular weight excluding hydrogens is 212 g/mol. The summed E-state index contributed by atoms with van der Waals surface area (Å²) >= 11 is 0. The zero-order valence-corrected chi connectivity index (χ0v) is 8.96. The van der Waals surface area contributed by atoms with Gasteiger partial charge in [-0.25, -0.2) is 4.98 Å². The maximum absolute atomic E-state index is 4.22. The standard InChI is InChI=1S/C13H9N4/c1-2-4-10(5-3-1)11-6-12(8-14-7-11)13-15-9-16-17-13/h1-8H,(H,15,16,17). The van der Waals surface area contributed by atoms with E-state index in [0.29, 0.717) is 5.82 Å². The molecule has 0 fully saturated rings. The Kier molecular flexibility index (Phi) is 2.38. The molecule has 2 aromatic heterocycles. The summed E-state index contributed by atoms with van der Waals surface area (Å²) < 4.78 is 0. The van der Waals surface area contributed by atoms with Gasteiger partial charge in [0.2, 0.25) is 6.33 Å². The third-order valence-electron chi connectivity index (χ3n) is 2.49. The molecule has 0 atom stereocenters. The average molecular weight is 221 g/mol. The number of rotatable bonds is 2. The van der Waals surface area contributed by atoms with Crippen molar-refractivity contribution in [2.75, 3.05) is 0 Å². The molecule has 3 aromatic rings. The average Bonchev–Trinajstić information content (AvgIpc) is 2.94. The Labute approximate surface area is 98.4 Å². The van der Waals surface area contributed by atoms with Crippen LogP contribution in [0.3, 0.4) is 0 Å². The molecule has 0 bridgehead atoms. The Bertz CT molecular complexity index is 602. The molecule has 17 heavy (non-hydrogen) atoms. The molecule has 1 N–H and O–H groups in total. The lowest BCUT2D eigenvalue weighted by Gasteiger charge is -2.02. The number of aromatic amines is 1. The first-order chi connectivity index (χ1) is 8.43. The van der Waals surface area contributed by atoms with E-state index in [0.717, 1.165) is 16.7 Å². The molecule has 0 aliphatic rings. The molecule has 0 saturated carbocycles. The van der Waals surface area contributed by atoms with Crippen molar-refractivity contribution in [3.05, 3.63) is 55.1 Å². The second-order valence-electron chi connectivity index (χ2n) is 3.61. The van der Waals surface area contributed by atoms with E-state index in [2.05, 4.69) is 26.5 Å². The molecule has 1 aromatic carbocycles. The van der Waals surface area contributed by atoms with Gasteiger partial charge in [0, 0.05) is 23.5 Å². The SMILES string of the molecule is [c]1n[nH]c(-c2cncc(-c3ccccc3)c2)n1. The van der Waals surface area contributed by atoms with Crippen LogP contribution in [-0.4, -0.2) is 20.2 Å². The summed E-state index contributed by atoms with van der Waals surface area (Å²) in [6.07, 6.45) is 6.09. The molecule has 1 radical (unpaired) electrons. The first kappa shape index (κ1) is 9.72. The summed E-state index contributed by atoms with van der Waals surface area (Å²) in [5.74, 6) is 0.676. The molecule has 0 unspecified atom stereocenters. The molecule has 2 heterocycles. The van der Waals surface area contributed by atoms with Crippen LogP contribution in [0.4, 0.5) is 0 Å². The summed E-state index contributed by atoms with van der Waals surface area (Å²) in [6, 6.07) is 12.1. The lowest BCUT2D eigenvalue weighted by atomic mass is 10.1. The highest BCUT2D eigenvalue weighted by Gasteiger charge is 2.03. The van der Waals surface area contributed by atoms with Crippen molar-refractivity contribution >= 4 is 0 Å². The fourth-order valence-electron chi connectivity index (χ4n) is 1.66. The van der Waals surface area contributed by atoms with Crippen molar-refractivity contribution in [1.29, 1.82) is 0 Å². The van der Waals surface area contributed by atoms with Crippen molar-refractivity contribution in [3.8, 4) is 22.5 Å². The van der Waals surface area contributed by atoms with E-state index >= 15 is 0 Å². The lowest BCUT2D eigenvalue weighted by Crippen LogP contribution is -1.85. The molecule has 0 amide bonds. The number of nitrogens with one attached hydrogen (secondary N) is 1. The fourth-order valence-corrected chi connectivity index (χ4v) is 1.66. The van der Waals surface area contributed by atoms with Gasteiger partial charge in [0.1, 0.15) is 0 Å². The normalized spacial score (nSPS) is 10.4. The summed E-state index contributed by atoms with van der Waals surface area (Å²) in [6.45, 7) is 0. The zero-order chi connectivity index (χ0) is 11.5. The topological polar surface area (TPSA) is 54.5 Å². The van der Waals surface area contributed by atoms with E-state index in [1.165, 1.54) is 0 Å². The van der Waals surface area contributed by atoms with Crippen LogP contribution in [0.25, 0.3) is 22.5 Å². The molecule has 3 rings (SSSR count). The summed E-state index contributed by atoms with van der Waals surface area (Å²) in [7, 11) is 0. The van der Waals surface area contributed by atoms with Crippen molar-refractivity contribution < 1.29 is 0 Å². The van der Waals surface area contributed by atoms with Crippen LogP contribution in [0.15, 0.2) is 48.8 Å². The summed E-state index contributed by atoms with van der Waals surface area (Å²) in [4.78, 5) is 8.20. The van der Waals surface area contributed by atoms with Crippen molar-refractivity contribution in [1.82, 2.24) is 20.2 Å². The number of hydrogen-bond donors (Lipinski definition) is 1. The Morgan fingerprint density at radius 1 is 0.941 bits per heavy atom. The van der Waals surface area contributed by atoms with Gasteiger partial charge < -0.3 is 0 Å². The Morgan fingerprint density at radius 3 is 2.53 bits per heavy atom. The quantitative estimate of drug-likeness (QED) is 0.722. The molecule has 0 aliphatic carbocycles.